The van der Waals surface area contributed by atoms with Crippen LogP contribution in [0.4, 0.5) is 5.69 Å². The maximum atomic E-state index is 6.03. The van der Waals surface area contributed by atoms with Crippen LogP contribution in [-0.4, -0.2) is 24.5 Å². The van der Waals surface area contributed by atoms with Crippen LogP contribution in [0.1, 0.15) is 11.1 Å². The van der Waals surface area contributed by atoms with Crippen molar-refractivity contribution >= 4 is 17.3 Å². The van der Waals surface area contributed by atoms with Crippen LogP contribution in [0.5, 0.6) is 0 Å². The number of halogens is 1. The third-order valence-corrected chi connectivity index (χ3v) is 3.95. The second-order valence-corrected chi connectivity index (χ2v) is 5.97. The molecule has 0 bridgehead atoms. The summed E-state index contributed by atoms with van der Waals surface area (Å²) in [5.41, 5.74) is 3.97. The number of nitrogens with zero attached hydrogens (tertiary/aromatic N) is 1. The number of nitrogens with one attached hydrogen (secondary N) is 1. The zero-order chi connectivity index (χ0) is 13.9. The first kappa shape index (κ1) is 13.5. The predicted octanol–water partition coefficient (Wildman–Crippen LogP) is 3.81. The molecule has 0 amide bonds. The van der Waals surface area contributed by atoms with E-state index in [1.54, 1.807) is 0 Å². The van der Waals surface area contributed by atoms with E-state index < -0.39 is 0 Å². The molecule has 2 nitrogen and oxygen atoms in total. The van der Waals surface area contributed by atoms with Crippen LogP contribution in [0.2, 0.25) is 5.02 Å². The van der Waals surface area contributed by atoms with Crippen LogP contribution in [-0.2, 0) is 13.0 Å². The Kier molecular flexibility index (Phi) is 3.95. The molecule has 2 aromatic carbocycles. The van der Waals surface area contributed by atoms with Gasteiger partial charge in [-0.25, -0.2) is 0 Å². The molecule has 0 aliphatic carbocycles. The van der Waals surface area contributed by atoms with Gasteiger partial charge in [-0.05, 0) is 42.8 Å². The summed E-state index contributed by atoms with van der Waals surface area (Å²) in [5, 5.41) is 4.40. The van der Waals surface area contributed by atoms with Gasteiger partial charge in [0.15, 0.2) is 0 Å². The van der Waals surface area contributed by atoms with E-state index >= 15 is 0 Å². The summed E-state index contributed by atoms with van der Waals surface area (Å²) in [6.45, 7) is 1.95. The Morgan fingerprint density at radius 1 is 1.20 bits per heavy atom. The fourth-order valence-corrected chi connectivity index (χ4v) is 3.09. The van der Waals surface area contributed by atoms with Gasteiger partial charge in [-0.3, -0.25) is 0 Å². The van der Waals surface area contributed by atoms with E-state index in [1.807, 2.05) is 18.2 Å². The van der Waals surface area contributed by atoms with Crippen molar-refractivity contribution in [3.05, 3.63) is 64.7 Å². The number of rotatable bonds is 4. The molecule has 104 valence electrons. The lowest BCUT2D eigenvalue weighted by atomic mass is 10.1. The maximum Gasteiger partial charge on any atom is 0.0429 e. The van der Waals surface area contributed by atoms with Gasteiger partial charge in [0.1, 0.15) is 0 Å². The van der Waals surface area contributed by atoms with Crippen molar-refractivity contribution in [3.8, 4) is 0 Å². The van der Waals surface area contributed by atoms with E-state index in [0.717, 1.165) is 24.5 Å². The molecule has 0 fully saturated rings. The largest absolute Gasteiger partial charge is 0.380 e. The lowest BCUT2D eigenvalue weighted by Crippen LogP contribution is -2.32. The average Bonchev–Trinajstić information content (AvgIpc) is 2.80. The molecule has 1 heterocycles. The summed E-state index contributed by atoms with van der Waals surface area (Å²) in [6, 6.07) is 17.1. The Labute approximate surface area is 125 Å². The highest BCUT2D eigenvalue weighted by molar-refractivity contribution is 6.30. The molecule has 3 rings (SSSR count). The van der Waals surface area contributed by atoms with Crippen molar-refractivity contribution in [2.45, 2.75) is 19.0 Å². The Hall–Kier alpha value is -1.51. The van der Waals surface area contributed by atoms with Crippen LogP contribution in [0.3, 0.4) is 0 Å². The van der Waals surface area contributed by atoms with Gasteiger partial charge in [-0.1, -0.05) is 41.9 Å². The Balaban J connectivity index is 1.57. The second-order valence-electron chi connectivity index (χ2n) is 5.53. The van der Waals surface area contributed by atoms with Gasteiger partial charge in [0.2, 0.25) is 0 Å². The molecule has 2 aromatic rings. The summed E-state index contributed by atoms with van der Waals surface area (Å²) >= 11 is 6.03. The summed E-state index contributed by atoms with van der Waals surface area (Å²) < 4.78 is 0. The Morgan fingerprint density at radius 2 is 2.05 bits per heavy atom. The topological polar surface area (TPSA) is 15.3 Å². The van der Waals surface area contributed by atoms with Gasteiger partial charge in [0.25, 0.3) is 0 Å². The minimum atomic E-state index is 0.497. The third-order valence-electron chi connectivity index (χ3n) is 3.72. The van der Waals surface area contributed by atoms with Crippen LogP contribution < -0.4 is 5.32 Å². The third kappa shape index (κ3) is 3.14. The first-order valence-corrected chi connectivity index (χ1v) is 7.36. The monoisotopic (exact) mass is 286 g/mol. The molecule has 20 heavy (non-hydrogen) atoms. The summed E-state index contributed by atoms with van der Waals surface area (Å²) in [5.74, 6) is 0. The van der Waals surface area contributed by atoms with Crippen molar-refractivity contribution in [3.63, 3.8) is 0 Å². The normalized spacial score (nSPS) is 17.1. The molecule has 3 heteroatoms. The highest BCUT2D eigenvalue weighted by Crippen LogP contribution is 2.25. The number of anilines is 1. The van der Waals surface area contributed by atoms with Gasteiger partial charge < -0.3 is 10.2 Å². The van der Waals surface area contributed by atoms with E-state index in [-0.39, 0.29) is 0 Å². The standard InChI is InChI=1S/C17H19ClN2/c1-20(11-13-5-4-7-15(18)9-13)12-16-10-14-6-2-3-8-17(14)19-16/h2-9,16,19H,10-12H2,1H3. The quantitative estimate of drug-likeness (QED) is 0.919. The number of benzene rings is 2. The van der Waals surface area contributed by atoms with Gasteiger partial charge in [-0.2, -0.15) is 0 Å². The fourth-order valence-electron chi connectivity index (χ4n) is 2.87. The number of hydrogen-bond acceptors (Lipinski definition) is 2. The number of hydrogen-bond donors (Lipinski definition) is 1. The predicted molar refractivity (Wildman–Crippen MR) is 85.3 cm³/mol. The van der Waals surface area contributed by atoms with Crippen LogP contribution in [0, 0.1) is 0 Å². The highest BCUT2D eigenvalue weighted by Gasteiger charge is 2.20. The first-order valence-electron chi connectivity index (χ1n) is 6.98. The number of fused-ring (bicyclic) bond motifs is 1. The number of para-hydroxylation sites is 1. The zero-order valence-electron chi connectivity index (χ0n) is 11.6. The molecule has 1 aliphatic rings. The molecule has 1 aliphatic heterocycles. The molecule has 0 radical (unpaired) electrons. The molecular weight excluding hydrogens is 268 g/mol. The molecule has 0 spiro atoms. The Bertz CT molecular complexity index is 572. The van der Waals surface area contributed by atoms with E-state index in [2.05, 4.69) is 47.6 Å². The van der Waals surface area contributed by atoms with Crippen LogP contribution >= 0.6 is 11.6 Å². The smallest absolute Gasteiger partial charge is 0.0429 e. The summed E-state index contributed by atoms with van der Waals surface area (Å²) in [7, 11) is 2.16. The zero-order valence-corrected chi connectivity index (χ0v) is 12.4. The molecule has 0 saturated carbocycles. The molecule has 1 unspecified atom stereocenters. The van der Waals surface area contributed by atoms with E-state index in [9.17, 15) is 0 Å². The molecular formula is C17H19ClN2. The lowest BCUT2D eigenvalue weighted by Gasteiger charge is -2.21. The summed E-state index contributed by atoms with van der Waals surface area (Å²) in [6.07, 6.45) is 1.11. The van der Waals surface area contributed by atoms with E-state index in [0.29, 0.717) is 6.04 Å². The van der Waals surface area contributed by atoms with Gasteiger partial charge in [0.05, 0.1) is 0 Å². The first-order chi connectivity index (χ1) is 9.70. The minimum Gasteiger partial charge on any atom is -0.380 e. The Morgan fingerprint density at radius 3 is 2.85 bits per heavy atom. The van der Waals surface area contributed by atoms with Crippen molar-refractivity contribution < 1.29 is 0 Å². The average molecular weight is 287 g/mol. The van der Waals surface area contributed by atoms with Crippen LogP contribution in [0.15, 0.2) is 48.5 Å². The maximum absolute atomic E-state index is 6.03. The highest BCUT2D eigenvalue weighted by atomic mass is 35.5. The van der Waals surface area contributed by atoms with Crippen molar-refractivity contribution in [2.24, 2.45) is 0 Å². The van der Waals surface area contributed by atoms with Crippen molar-refractivity contribution in [2.75, 3.05) is 18.9 Å². The SMILES string of the molecule is CN(Cc1cccc(Cl)c1)CC1Cc2ccccc2N1. The van der Waals surface area contributed by atoms with Gasteiger partial charge in [0, 0.05) is 29.8 Å². The van der Waals surface area contributed by atoms with Gasteiger partial charge in [-0.15, -0.1) is 0 Å². The molecule has 1 N–H and O–H groups in total. The lowest BCUT2D eigenvalue weighted by molar-refractivity contribution is 0.312. The number of likely N-dealkylation sites (N-methyl/N-ethyl adjacent to an activating group) is 1. The van der Waals surface area contributed by atoms with Crippen molar-refractivity contribution in [1.29, 1.82) is 0 Å². The van der Waals surface area contributed by atoms with E-state index in [1.165, 1.54) is 16.8 Å². The van der Waals surface area contributed by atoms with E-state index in [4.69, 9.17) is 11.6 Å². The second kappa shape index (κ2) is 5.86. The molecule has 1 atom stereocenters. The molecule has 0 aromatic heterocycles. The summed E-state index contributed by atoms with van der Waals surface area (Å²) in [4.78, 5) is 2.34. The van der Waals surface area contributed by atoms with Gasteiger partial charge >= 0.3 is 0 Å². The minimum absolute atomic E-state index is 0.497. The fraction of sp³-hybridized carbons (Fsp3) is 0.294. The van der Waals surface area contributed by atoms with Crippen molar-refractivity contribution in [1.82, 2.24) is 4.90 Å². The molecule has 0 saturated heterocycles. The van der Waals surface area contributed by atoms with Crippen LogP contribution in [0.25, 0.3) is 0 Å².